The highest BCUT2D eigenvalue weighted by molar-refractivity contribution is 7.88. The van der Waals surface area contributed by atoms with Gasteiger partial charge in [-0.2, -0.15) is 4.31 Å². The Morgan fingerprint density at radius 2 is 1.56 bits per heavy atom. The fraction of sp³-hybridized carbons (Fsp3) is 0.381. The molecular formula is C21H28N2O3S. The lowest BCUT2D eigenvalue weighted by molar-refractivity contribution is -0.122. The molecule has 0 unspecified atom stereocenters. The summed E-state index contributed by atoms with van der Waals surface area (Å²) in [6.45, 7) is 4.17. The number of rotatable bonds is 9. The van der Waals surface area contributed by atoms with E-state index in [9.17, 15) is 13.2 Å². The minimum Gasteiger partial charge on any atom is -0.348 e. The normalized spacial score (nSPS) is 12.9. The summed E-state index contributed by atoms with van der Waals surface area (Å²) in [7, 11) is -3.51. The Labute approximate surface area is 162 Å². The van der Waals surface area contributed by atoms with E-state index in [1.807, 2.05) is 60.7 Å². The van der Waals surface area contributed by atoms with Gasteiger partial charge in [-0.15, -0.1) is 0 Å². The lowest BCUT2D eigenvalue weighted by atomic mass is 9.97. The maximum Gasteiger partial charge on any atom is 0.235 e. The van der Waals surface area contributed by atoms with Crippen molar-refractivity contribution in [2.45, 2.75) is 32.9 Å². The van der Waals surface area contributed by atoms with Crippen LogP contribution in [-0.2, 0) is 21.4 Å². The van der Waals surface area contributed by atoms with Crippen LogP contribution in [0, 0.1) is 5.92 Å². The first-order valence-electron chi connectivity index (χ1n) is 9.09. The van der Waals surface area contributed by atoms with Crippen LogP contribution in [0.5, 0.6) is 0 Å². The molecule has 1 atom stereocenters. The zero-order chi connectivity index (χ0) is 19.9. The second-order valence-electron chi connectivity index (χ2n) is 7.18. The molecule has 0 aliphatic carbocycles. The molecule has 2 rings (SSSR count). The van der Waals surface area contributed by atoms with Crippen molar-refractivity contribution in [2.24, 2.45) is 5.92 Å². The third-order valence-corrected chi connectivity index (χ3v) is 5.43. The molecule has 1 amide bonds. The summed E-state index contributed by atoms with van der Waals surface area (Å²) >= 11 is 0. The summed E-state index contributed by atoms with van der Waals surface area (Å²) in [5.41, 5.74) is 1.87. The van der Waals surface area contributed by atoms with Crippen molar-refractivity contribution in [2.75, 3.05) is 12.8 Å². The smallest absolute Gasteiger partial charge is 0.235 e. The van der Waals surface area contributed by atoms with E-state index < -0.39 is 10.0 Å². The van der Waals surface area contributed by atoms with E-state index in [-0.39, 0.29) is 25.0 Å². The SMILES string of the molecule is CC(C)C[C@H](NC(=O)CN(Cc1ccccc1)S(C)(=O)=O)c1ccccc1. The van der Waals surface area contributed by atoms with Crippen LogP contribution in [0.25, 0.3) is 0 Å². The fourth-order valence-electron chi connectivity index (χ4n) is 2.91. The molecule has 27 heavy (non-hydrogen) atoms. The summed E-state index contributed by atoms with van der Waals surface area (Å²) in [4.78, 5) is 12.6. The molecular weight excluding hydrogens is 360 g/mol. The number of hydrogen-bond donors (Lipinski definition) is 1. The van der Waals surface area contributed by atoms with Crippen molar-refractivity contribution < 1.29 is 13.2 Å². The molecule has 6 heteroatoms. The number of sulfonamides is 1. The maximum atomic E-state index is 12.6. The van der Waals surface area contributed by atoms with Crippen LogP contribution in [0.1, 0.15) is 37.4 Å². The van der Waals surface area contributed by atoms with Gasteiger partial charge < -0.3 is 5.32 Å². The quantitative estimate of drug-likeness (QED) is 0.716. The maximum absolute atomic E-state index is 12.6. The van der Waals surface area contributed by atoms with Crippen LogP contribution < -0.4 is 5.32 Å². The van der Waals surface area contributed by atoms with Crippen molar-refractivity contribution in [3.63, 3.8) is 0 Å². The highest BCUT2D eigenvalue weighted by Gasteiger charge is 2.23. The molecule has 0 bridgehead atoms. The van der Waals surface area contributed by atoms with Crippen LogP contribution in [0.2, 0.25) is 0 Å². The molecule has 0 heterocycles. The predicted molar refractivity (Wildman–Crippen MR) is 108 cm³/mol. The van der Waals surface area contributed by atoms with Gasteiger partial charge in [-0.25, -0.2) is 8.42 Å². The second kappa shape index (κ2) is 9.67. The lowest BCUT2D eigenvalue weighted by Crippen LogP contribution is -2.41. The van der Waals surface area contributed by atoms with E-state index in [0.717, 1.165) is 23.8 Å². The van der Waals surface area contributed by atoms with Crippen molar-refractivity contribution >= 4 is 15.9 Å². The molecule has 5 nitrogen and oxygen atoms in total. The standard InChI is InChI=1S/C21H28N2O3S/c1-17(2)14-20(19-12-8-5-9-13-19)22-21(24)16-23(27(3,25)26)15-18-10-6-4-7-11-18/h4-13,17,20H,14-16H2,1-3H3,(H,22,24)/t20-/m0/s1. The third kappa shape index (κ3) is 7.15. The molecule has 2 aromatic rings. The summed E-state index contributed by atoms with van der Waals surface area (Å²) in [6, 6.07) is 18.9. The molecule has 1 N–H and O–H groups in total. The number of nitrogens with one attached hydrogen (secondary N) is 1. The van der Waals surface area contributed by atoms with E-state index >= 15 is 0 Å². The van der Waals surface area contributed by atoms with Gasteiger partial charge in [0.25, 0.3) is 0 Å². The fourth-order valence-corrected chi connectivity index (χ4v) is 3.65. The Hall–Kier alpha value is -2.18. The van der Waals surface area contributed by atoms with E-state index in [0.29, 0.717) is 5.92 Å². The van der Waals surface area contributed by atoms with E-state index in [4.69, 9.17) is 0 Å². The molecule has 0 spiro atoms. The number of carbonyl (C=O) groups excluding carboxylic acids is 1. The molecule has 0 fully saturated rings. The molecule has 0 aliphatic rings. The van der Waals surface area contributed by atoms with Gasteiger partial charge >= 0.3 is 0 Å². The van der Waals surface area contributed by atoms with Gasteiger partial charge in [0, 0.05) is 6.54 Å². The Balaban J connectivity index is 2.11. The first-order valence-corrected chi connectivity index (χ1v) is 10.9. The lowest BCUT2D eigenvalue weighted by Gasteiger charge is -2.24. The number of amides is 1. The van der Waals surface area contributed by atoms with Gasteiger partial charge in [0.2, 0.25) is 15.9 Å². The zero-order valence-electron chi connectivity index (χ0n) is 16.1. The van der Waals surface area contributed by atoms with Gasteiger partial charge in [-0.05, 0) is 23.5 Å². The first kappa shape index (κ1) is 21.1. The Morgan fingerprint density at radius 1 is 1.00 bits per heavy atom. The Kier molecular flexibility index (Phi) is 7.56. The molecule has 0 aliphatic heterocycles. The predicted octanol–water partition coefficient (Wildman–Crippen LogP) is 3.35. The van der Waals surface area contributed by atoms with Gasteiger partial charge in [0.05, 0.1) is 18.8 Å². The van der Waals surface area contributed by atoms with Crippen LogP contribution in [0.15, 0.2) is 60.7 Å². The molecule has 0 aromatic heterocycles. The van der Waals surface area contributed by atoms with Crippen LogP contribution in [0.3, 0.4) is 0 Å². The first-order chi connectivity index (χ1) is 12.8. The van der Waals surface area contributed by atoms with E-state index in [1.54, 1.807) is 0 Å². The Morgan fingerprint density at radius 3 is 2.07 bits per heavy atom. The number of benzene rings is 2. The molecule has 0 saturated carbocycles. The topological polar surface area (TPSA) is 66.5 Å². The second-order valence-corrected chi connectivity index (χ2v) is 9.16. The van der Waals surface area contributed by atoms with Crippen LogP contribution in [-0.4, -0.2) is 31.4 Å². The largest absolute Gasteiger partial charge is 0.348 e. The molecule has 2 aromatic carbocycles. The minimum absolute atomic E-state index is 0.142. The van der Waals surface area contributed by atoms with Crippen molar-refractivity contribution in [1.82, 2.24) is 9.62 Å². The summed E-state index contributed by atoms with van der Waals surface area (Å²) in [5, 5.41) is 3.01. The van der Waals surface area contributed by atoms with Gasteiger partial charge in [0.15, 0.2) is 0 Å². The van der Waals surface area contributed by atoms with Crippen molar-refractivity contribution in [3.05, 3.63) is 71.8 Å². The van der Waals surface area contributed by atoms with Crippen LogP contribution >= 0.6 is 0 Å². The molecule has 146 valence electrons. The number of hydrogen-bond acceptors (Lipinski definition) is 3. The number of nitrogens with zero attached hydrogens (tertiary/aromatic N) is 1. The van der Waals surface area contributed by atoms with Crippen molar-refractivity contribution in [1.29, 1.82) is 0 Å². The average molecular weight is 389 g/mol. The number of carbonyl (C=O) groups is 1. The van der Waals surface area contributed by atoms with Gasteiger partial charge in [0.1, 0.15) is 0 Å². The summed E-state index contributed by atoms with van der Waals surface area (Å²) in [6.07, 6.45) is 1.92. The highest BCUT2D eigenvalue weighted by Crippen LogP contribution is 2.21. The van der Waals surface area contributed by atoms with E-state index in [1.165, 1.54) is 4.31 Å². The molecule has 0 saturated heterocycles. The Bertz CT molecular complexity index is 821. The van der Waals surface area contributed by atoms with Gasteiger partial charge in [-0.1, -0.05) is 74.5 Å². The molecule has 0 radical (unpaired) electrons. The van der Waals surface area contributed by atoms with Crippen LogP contribution in [0.4, 0.5) is 0 Å². The minimum atomic E-state index is -3.51. The summed E-state index contributed by atoms with van der Waals surface area (Å²) < 4.78 is 25.5. The van der Waals surface area contributed by atoms with Gasteiger partial charge in [-0.3, -0.25) is 4.79 Å². The average Bonchev–Trinajstić information content (AvgIpc) is 2.61. The van der Waals surface area contributed by atoms with Crippen molar-refractivity contribution in [3.8, 4) is 0 Å². The van der Waals surface area contributed by atoms with E-state index in [2.05, 4.69) is 19.2 Å². The monoisotopic (exact) mass is 388 g/mol. The zero-order valence-corrected chi connectivity index (χ0v) is 16.9. The third-order valence-electron chi connectivity index (χ3n) is 4.23. The summed E-state index contributed by atoms with van der Waals surface area (Å²) in [5.74, 6) is 0.0942. The highest BCUT2D eigenvalue weighted by atomic mass is 32.2.